The van der Waals surface area contributed by atoms with Crippen molar-refractivity contribution < 1.29 is 19.2 Å². The van der Waals surface area contributed by atoms with Crippen LogP contribution >= 0.6 is 0 Å². The van der Waals surface area contributed by atoms with Crippen LogP contribution in [0.4, 0.5) is 0 Å². The summed E-state index contributed by atoms with van der Waals surface area (Å²) in [5.74, 6) is 4.83. The molecule has 12 heteroatoms. The maximum atomic E-state index is 13.2. The van der Waals surface area contributed by atoms with E-state index >= 15 is 0 Å². The molecule has 6 rings (SSSR count). The van der Waals surface area contributed by atoms with E-state index in [0.717, 1.165) is 62.6 Å². The number of nitrogens with one attached hydrogen (secondary N) is 4. The molecule has 4 heterocycles. The number of aromatic amines is 2. The SMILES string of the molecule is C=C.CC.CC#CC.CC(C)C(NC(=O)CN)C(=O)N1CCCC1Cc1c[nH]c2ccccc12.CC(C)C(NC(=O)[C@H](C)N)C(=O)N1CCCC1Cc1c[nH]c2ccccc12. The Morgan fingerprint density at radius 2 is 1.11 bits per heavy atom. The highest BCUT2D eigenvalue weighted by atomic mass is 16.2. The number of nitrogens with two attached hydrogens (primary N) is 2. The number of likely N-dealkylation sites (tertiary alicyclic amines) is 2. The molecule has 0 bridgehead atoms. The summed E-state index contributed by atoms with van der Waals surface area (Å²) in [6.45, 7) is 24.5. The average Bonchev–Trinajstić information content (AvgIpc) is 4.11. The fraction of sp³-hybridized carbons (Fsp3) is 0.510. The molecule has 0 saturated carbocycles. The zero-order valence-corrected chi connectivity index (χ0v) is 38.3. The summed E-state index contributed by atoms with van der Waals surface area (Å²) in [6, 6.07) is 15.1. The van der Waals surface area contributed by atoms with E-state index in [2.05, 4.69) is 69.9 Å². The number of rotatable bonds is 12. The van der Waals surface area contributed by atoms with Crippen LogP contribution in [0, 0.1) is 23.7 Å². The first kappa shape index (κ1) is 51.8. The number of hydrogen-bond donors (Lipinski definition) is 6. The van der Waals surface area contributed by atoms with Gasteiger partial charge in [0.25, 0.3) is 0 Å². The number of amides is 4. The van der Waals surface area contributed by atoms with Crippen LogP contribution in [-0.4, -0.2) is 93.2 Å². The highest BCUT2D eigenvalue weighted by Gasteiger charge is 2.37. The number of fused-ring (bicyclic) bond motifs is 2. The number of para-hydroxylation sites is 2. The number of carbonyl (C=O) groups excluding carboxylic acids is 4. The Morgan fingerprint density at radius 3 is 1.48 bits per heavy atom. The van der Waals surface area contributed by atoms with Crippen molar-refractivity contribution in [1.29, 1.82) is 0 Å². The number of benzene rings is 2. The van der Waals surface area contributed by atoms with Gasteiger partial charge in [0.2, 0.25) is 23.6 Å². The smallest absolute Gasteiger partial charge is 0.245 e. The van der Waals surface area contributed by atoms with Crippen molar-refractivity contribution in [2.45, 2.75) is 131 Å². The minimum atomic E-state index is -0.625. The Bertz CT molecular complexity index is 2020. The van der Waals surface area contributed by atoms with Crippen molar-refractivity contribution in [3.63, 3.8) is 0 Å². The second-order valence-electron chi connectivity index (χ2n) is 15.8. The zero-order valence-electron chi connectivity index (χ0n) is 38.3. The molecule has 2 saturated heterocycles. The predicted octanol–water partition coefficient (Wildman–Crippen LogP) is 6.85. The molecule has 4 amide bonds. The van der Waals surface area contributed by atoms with E-state index in [1.807, 2.05) is 102 Å². The first-order chi connectivity index (χ1) is 29.3. The van der Waals surface area contributed by atoms with Gasteiger partial charge in [-0.1, -0.05) is 77.9 Å². The van der Waals surface area contributed by atoms with Gasteiger partial charge in [0.05, 0.1) is 12.6 Å². The lowest BCUT2D eigenvalue weighted by Gasteiger charge is -2.31. The standard InChI is InChI=1S/C21H30N4O2.C20H28N4O2.C4H6.C2H6.C2H4/c1-13(2)19(24-20(26)14(3)22)21(27)25-10-6-7-16(25)11-15-12-23-18-9-5-4-8-17(15)18;1-13(2)19(23-18(25)11-21)20(26)24-9-5-6-15(24)10-14-12-22-17-8-4-3-7-16(14)17;1-3-4-2;2*1-2/h4-5,8-9,12-14,16,19,23H,6-7,10-11,22H2,1-3H3,(H,24,26);3-4,7-8,12-13,15,19,22H,5-6,9-11,21H2,1-2H3,(H,23,25);1-2H3;1-2H3;1-2H2/t14-,16?,19?;;;;/m0..../s1. The van der Waals surface area contributed by atoms with Crippen molar-refractivity contribution >= 4 is 45.4 Å². The molecule has 2 aromatic heterocycles. The molecule has 8 N–H and O–H groups in total. The van der Waals surface area contributed by atoms with Crippen LogP contribution in [0.15, 0.2) is 74.1 Å². The second kappa shape index (κ2) is 26.7. The van der Waals surface area contributed by atoms with Crippen LogP contribution in [0.25, 0.3) is 21.8 Å². The van der Waals surface area contributed by atoms with Gasteiger partial charge in [-0.25, -0.2) is 0 Å². The first-order valence-electron chi connectivity index (χ1n) is 21.9. The minimum absolute atomic E-state index is 0.00124. The van der Waals surface area contributed by atoms with Crippen molar-refractivity contribution in [3.8, 4) is 11.8 Å². The number of H-pyrrole nitrogens is 2. The van der Waals surface area contributed by atoms with Crippen LogP contribution in [0.5, 0.6) is 0 Å². The molecule has 0 spiro atoms. The molecule has 5 atom stereocenters. The monoisotopic (exact) mass is 839 g/mol. The highest BCUT2D eigenvalue weighted by molar-refractivity contribution is 5.91. The van der Waals surface area contributed by atoms with E-state index in [1.165, 1.54) is 21.9 Å². The summed E-state index contributed by atoms with van der Waals surface area (Å²) in [7, 11) is 0. The largest absolute Gasteiger partial charge is 0.361 e. The van der Waals surface area contributed by atoms with E-state index < -0.39 is 18.1 Å². The van der Waals surface area contributed by atoms with Gasteiger partial charge in [0, 0.05) is 59.4 Å². The number of hydrogen-bond acceptors (Lipinski definition) is 6. The molecule has 2 aliphatic heterocycles. The lowest BCUT2D eigenvalue weighted by molar-refractivity contribution is -0.138. The Kier molecular flexibility index (Phi) is 22.7. The quantitative estimate of drug-likeness (QED) is 0.0671. The lowest BCUT2D eigenvalue weighted by Crippen LogP contribution is -2.55. The van der Waals surface area contributed by atoms with Crippen LogP contribution in [0.1, 0.15) is 99.1 Å². The van der Waals surface area contributed by atoms with Crippen LogP contribution < -0.4 is 22.1 Å². The van der Waals surface area contributed by atoms with Gasteiger partial charge in [0.1, 0.15) is 12.1 Å². The maximum absolute atomic E-state index is 13.2. The van der Waals surface area contributed by atoms with Crippen molar-refractivity contribution in [3.05, 3.63) is 85.2 Å². The number of nitrogens with zero attached hydrogens (tertiary/aromatic N) is 2. The Morgan fingerprint density at radius 1 is 0.721 bits per heavy atom. The van der Waals surface area contributed by atoms with Gasteiger partial charge in [-0.05, 0) is 94.4 Å². The predicted molar refractivity (Wildman–Crippen MR) is 251 cm³/mol. The third kappa shape index (κ3) is 14.6. The van der Waals surface area contributed by atoms with Gasteiger partial charge in [-0.15, -0.1) is 25.0 Å². The highest BCUT2D eigenvalue weighted by Crippen LogP contribution is 2.28. The van der Waals surface area contributed by atoms with Crippen LogP contribution in [0.3, 0.4) is 0 Å². The third-order valence-electron chi connectivity index (χ3n) is 10.9. The molecule has 0 radical (unpaired) electrons. The summed E-state index contributed by atoms with van der Waals surface area (Å²) in [6.07, 6.45) is 9.69. The summed E-state index contributed by atoms with van der Waals surface area (Å²) in [5, 5.41) is 8.05. The van der Waals surface area contributed by atoms with Gasteiger partial charge in [-0.3, -0.25) is 19.2 Å². The number of aromatic nitrogens is 2. The van der Waals surface area contributed by atoms with Crippen molar-refractivity contribution in [1.82, 2.24) is 30.4 Å². The van der Waals surface area contributed by atoms with Gasteiger partial charge in [-0.2, -0.15) is 0 Å². The molecule has 61 heavy (non-hydrogen) atoms. The summed E-state index contributed by atoms with van der Waals surface area (Å²) >= 11 is 0. The molecular formula is C49H74N8O4. The average molecular weight is 839 g/mol. The fourth-order valence-electron chi connectivity index (χ4n) is 7.69. The first-order valence-corrected chi connectivity index (χ1v) is 21.9. The van der Waals surface area contributed by atoms with E-state index in [0.29, 0.717) is 0 Å². The fourth-order valence-corrected chi connectivity index (χ4v) is 7.69. The summed E-state index contributed by atoms with van der Waals surface area (Å²) in [4.78, 5) is 60.6. The molecule has 4 aromatic rings. The molecule has 0 aliphatic carbocycles. The maximum Gasteiger partial charge on any atom is 0.245 e. The van der Waals surface area contributed by atoms with Crippen molar-refractivity contribution in [2.24, 2.45) is 23.3 Å². The zero-order chi connectivity index (χ0) is 45.6. The normalized spacial score (nSPS) is 16.9. The van der Waals surface area contributed by atoms with E-state index in [-0.39, 0.29) is 54.1 Å². The number of carbonyl (C=O) groups is 4. The minimum Gasteiger partial charge on any atom is -0.361 e. The van der Waals surface area contributed by atoms with Crippen LogP contribution in [-0.2, 0) is 32.0 Å². The van der Waals surface area contributed by atoms with E-state index in [4.69, 9.17) is 11.5 Å². The van der Waals surface area contributed by atoms with Crippen molar-refractivity contribution in [2.75, 3.05) is 19.6 Å². The molecule has 2 fully saturated rings. The molecule has 2 aromatic carbocycles. The van der Waals surface area contributed by atoms with E-state index in [9.17, 15) is 19.2 Å². The molecule has 334 valence electrons. The second-order valence-corrected chi connectivity index (χ2v) is 15.8. The molecule has 4 unspecified atom stereocenters. The Hall–Kier alpha value is -5.38. The molecule has 2 aliphatic rings. The molecule has 12 nitrogen and oxygen atoms in total. The van der Waals surface area contributed by atoms with Gasteiger partial charge in [0.15, 0.2) is 0 Å². The Balaban J connectivity index is 0.000000359. The summed E-state index contributed by atoms with van der Waals surface area (Å²) < 4.78 is 0. The third-order valence-corrected chi connectivity index (χ3v) is 10.9. The Labute approximate surface area is 365 Å². The van der Waals surface area contributed by atoms with Gasteiger partial charge >= 0.3 is 0 Å². The summed E-state index contributed by atoms with van der Waals surface area (Å²) in [5.41, 5.74) is 15.8. The topological polar surface area (TPSA) is 182 Å². The van der Waals surface area contributed by atoms with Gasteiger partial charge < -0.3 is 41.9 Å². The van der Waals surface area contributed by atoms with Crippen LogP contribution in [0.2, 0.25) is 0 Å². The molecular weight excluding hydrogens is 765 g/mol. The van der Waals surface area contributed by atoms with E-state index in [1.54, 1.807) is 6.92 Å². The lowest BCUT2D eigenvalue weighted by atomic mass is 9.99.